The summed E-state index contributed by atoms with van der Waals surface area (Å²) in [5.74, 6) is 1.03. The molecule has 0 atom stereocenters. The largest absolute Gasteiger partial charge is 0.497 e. The van der Waals surface area contributed by atoms with Crippen LogP contribution in [0, 0.1) is 0 Å². The number of ether oxygens (including phenoxy) is 1. The van der Waals surface area contributed by atoms with Crippen LogP contribution in [0.5, 0.6) is 5.75 Å². The Kier molecular flexibility index (Phi) is 6.63. The van der Waals surface area contributed by atoms with Gasteiger partial charge in [-0.3, -0.25) is 9.59 Å². The molecule has 0 saturated carbocycles. The maximum absolute atomic E-state index is 12.6. The number of methoxy groups -OCH3 is 1. The van der Waals surface area contributed by atoms with Gasteiger partial charge in [-0.25, -0.2) is 0 Å². The van der Waals surface area contributed by atoms with Crippen LogP contribution in [0.25, 0.3) is 0 Å². The highest BCUT2D eigenvalue weighted by Gasteiger charge is 2.25. The number of piperazine rings is 1. The third-order valence-corrected chi connectivity index (χ3v) is 5.92. The maximum atomic E-state index is 12.6. The average Bonchev–Trinajstić information content (AvgIpc) is 2.72. The molecule has 0 bridgehead atoms. The predicted octanol–water partition coefficient (Wildman–Crippen LogP) is 3.43. The molecule has 2 aromatic rings. The van der Waals surface area contributed by atoms with Crippen LogP contribution >= 0.6 is 23.4 Å². The molecule has 7 heteroatoms. The Balaban J connectivity index is 1.51. The lowest BCUT2D eigenvalue weighted by Gasteiger charge is -2.34. The highest BCUT2D eigenvalue weighted by atomic mass is 35.5. The summed E-state index contributed by atoms with van der Waals surface area (Å²) in [6.45, 7) is 2.13. The van der Waals surface area contributed by atoms with Crippen molar-refractivity contribution in [3.63, 3.8) is 0 Å². The van der Waals surface area contributed by atoms with Gasteiger partial charge in [-0.1, -0.05) is 29.8 Å². The van der Waals surface area contributed by atoms with Crippen molar-refractivity contribution >= 4 is 35.2 Å². The molecule has 0 aromatic heterocycles. The zero-order valence-corrected chi connectivity index (χ0v) is 16.6. The van der Waals surface area contributed by atoms with Crippen molar-refractivity contribution in [2.75, 3.05) is 39.0 Å². The lowest BCUT2D eigenvalue weighted by atomic mass is 10.1. The topological polar surface area (TPSA) is 49.9 Å². The van der Waals surface area contributed by atoms with Crippen molar-refractivity contribution in [1.29, 1.82) is 0 Å². The SMILES string of the molecule is COc1cccc(C(=O)N2CCN(C(=O)CSc3ccccc3Cl)CC2)c1. The van der Waals surface area contributed by atoms with E-state index in [4.69, 9.17) is 16.3 Å². The summed E-state index contributed by atoms with van der Waals surface area (Å²) in [5, 5.41) is 0.656. The first-order valence-electron chi connectivity index (χ1n) is 8.67. The van der Waals surface area contributed by atoms with Crippen molar-refractivity contribution < 1.29 is 14.3 Å². The molecule has 1 aliphatic heterocycles. The highest BCUT2D eigenvalue weighted by Crippen LogP contribution is 2.26. The molecule has 3 rings (SSSR count). The monoisotopic (exact) mass is 404 g/mol. The first-order chi connectivity index (χ1) is 13.1. The fourth-order valence-corrected chi connectivity index (χ4v) is 4.03. The molecule has 1 aliphatic rings. The minimum absolute atomic E-state index is 0.0357. The second-order valence-electron chi connectivity index (χ2n) is 6.12. The van der Waals surface area contributed by atoms with Gasteiger partial charge in [-0.15, -0.1) is 11.8 Å². The fraction of sp³-hybridized carbons (Fsp3) is 0.300. The molecule has 2 aromatic carbocycles. The lowest BCUT2D eigenvalue weighted by molar-refractivity contribution is -0.129. The number of thioether (sulfide) groups is 1. The van der Waals surface area contributed by atoms with Crippen LogP contribution in [0.3, 0.4) is 0 Å². The van der Waals surface area contributed by atoms with Gasteiger partial charge in [0.05, 0.1) is 17.9 Å². The second kappa shape index (κ2) is 9.15. The van der Waals surface area contributed by atoms with E-state index in [1.165, 1.54) is 11.8 Å². The Hall–Kier alpha value is -2.18. The molecule has 0 aliphatic carbocycles. The second-order valence-corrected chi connectivity index (χ2v) is 7.55. The van der Waals surface area contributed by atoms with E-state index in [1.54, 1.807) is 35.1 Å². The molecule has 5 nitrogen and oxygen atoms in total. The Bertz CT molecular complexity index is 822. The van der Waals surface area contributed by atoms with E-state index >= 15 is 0 Å². The van der Waals surface area contributed by atoms with Gasteiger partial charge in [0, 0.05) is 36.6 Å². The van der Waals surface area contributed by atoms with E-state index in [0.717, 1.165) is 4.90 Å². The van der Waals surface area contributed by atoms with E-state index in [0.29, 0.717) is 48.3 Å². The third-order valence-electron chi connectivity index (χ3n) is 4.42. The summed E-state index contributed by atoms with van der Waals surface area (Å²) >= 11 is 7.57. The molecule has 27 heavy (non-hydrogen) atoms. The van der Waals surface area contributed by atoms with Crippen molar-refractivity contribution in [2.24, 2.45) is 0 Å². The van der Waals surface area contributed by atoms with Gasteiger partial charge in [-0.2, -0.15) is 0 Å². The average molecular weight is 405 g/mol. The number of hydrogen-bond donors (Lipinski definition) is 0. The number of hydrogen-bond acceptors (Lipinski definition) is 4. The number of carbonyl (C=O) groups excluding carboxylic acids is 2. The van der Waals surface area contributed by atoms with E-state index in [2.05, 4.69) is 0 Å². The Morgan fingerprint density at radius 3 is 2.44 bits per heavy atom. The van der Waals surface area contributed by atoms with E-state index in [1.807, 2.05) is 30.3 Å². The summed E-state index contributed by atoms with van der Waals surface area (Å²) in [5.41, 5.74) is 0.600. The molecular weight excluding hydrogens is 384 g/mol. The van der Waals surface area contributed by atoms with E-state index in [-0.39, 0.29) is 11.8 Å². The number of nitrogens with zero attached hydrogens (tertiary/aromatic N) is 2. The quantitative estimate of drug-likeness (QED) is 0.716. The van der Waals surface area contributed by atoms with Gasteiger partial charge in [0.1, 0.15) is 5.75 Å². The molecular formula is C20H21ClN2O3S. The van der Waals surface area contributed by atoms with Gasteiger partial charge < -0.3 is 14.5 Å². The number of benzene rings is 2. The minimum Gasteiger partial charge on any atom is -0.497 e. The molecule has 0 N–H and O–H groups in total. The highest BCUT2D eigenvalue weighted by molar-refractivity contribution is 8.00. The summed E-state index contributed by atoms with van der Waals surface area (Å²) < 4.78 is 5.18. The van der Waals surface area contributed by atoms with Gasteiger partial charge in [-0.05, 0) is 30.3 Å². The van der Waals surface area contributed by atoms with E-state index in [9.17, 15) is 9.59 Å². The van der Waals surface area contributed by atoms with Crippen molar-refractivity contribution in [3.8, 4) is 5.75 Å². The van der Waals surface area contributed by atoms with Crippen molar-refractivity contribution in [1.82, 2.24) is 9.80 Å². The smallest absolute Gasteiger partial charge is 0.254 e. The number of rotatable bonds is 5. The lowest BCUT2D eigenvalue weighted by Crippen LogP contribution is -2.51. The van der Waals surface area contributed by atoms with Crippen LogP contribution < -0.4 is 4.74 Å². The third kappa shape index (κ3) is 4.96. The molecule has 1 saturated heterocycles. The van der Waals surface area contributed by atoms with Crippen molar-refractivity contribution in [2.45, 2.75) is 4.90 Å². The van der Waals surface area contributed by atoms with Crippen LogP contribution in [0.2, 0.25) is 5.02 Å². The molecule has 0 spiro atoms. The normalized spacial score (nSPS) is 14.1. The van der Waals surface area contributed by atoms with Crippen LogP contribution in [0.15, 0.2) is 53.4 Å². The first kappa shape index (κ1) is 19.6. The van der Waals surface area contributed by atoms with Crippen LogP contribution in [0.1, 0.15) is 10.4 Å². The molecule has 1 heterocycles. The van der Waals surface area contributed by atoms with Gasteiger partial charge in [0.2, 0.25) is 5.91 Å². The number of halogens is 1. The van der Waals surface area contributed by atoms with Gasteiger partial charge in [0.15, 0.2) is 0 Å². The predicted molar refractivity (Wildman–Crippen MR) is 108 cm³/mol. The van der Waals surface area contributed by atoms with Crippen LogP contribution in [-0.4, -0.2) is 60.7 Å². The van der Waals surface area contributed by atoms with Gasteiger partial charge >= 0.3 is 0 Å². The molecule has 1 fully saturated rings. The minimum atomic E-state index is -0.0357. The summed E-state index contributed by atoms with van der Waals surface area (Å²) in [7, 11) is 1.58. The zero-order chi connectivity index (χ0) is 19.2. The molecule has 0 unspecified atom stereocenters. The number of amides is 2. The van der Waals surface area contributed by atoms with Crippen LogP contribution in [0.4, 0.5) is 0 Å². The van der Waals surface area contributed by atoms with Gasteiger partial charge in [0.25, 0.3) is 5.91 Å². The maximum Gasteiger partial charge on any atom is 0.254 e. The summed E-state index contributed by atoms with van der Waals surface area (Å²) in [6, 6.07) is 14.6. The molecule has 2 amide bonds. The zero-order valence-electron chi connectivity index (χ0n) is 15.1. The fourth-order valence-electron chi connectivity index (χ4n) is 2.89. The summed E-state index contributed by atoms with van der Waals surface area (Å²) in [4.78, 5) is 29.6. The van der Waals surface area contributed by atoms with Crippen molar-refractivity contribution in [3.05, 3.63) is 59.1 Å². The summed E-state index contributed by atoms with van der Waals surface area (Å²) in [6.07, 6.45) is 0. The Morgan fingerprint density at radius 1 is 1.04 bits per heavy atom. The number of carbonyl (C=O) groups is 2. The Morgan fingerprint density at radius 2 is 1.74 bits per heavy atom. The Labute approximate surface area is 168 Å². The van der Waals surface area contributed by atoms with Crippen LogP contribution in [-0.2, 0) is 4.79 Å². The molecule has 0 radical (unpaired) electrons. The first-order valence-corrected chi connectivity index (χ1v) is 10.0. The standard InChI is InChI=1S/C20H21ClN2O3S/c1-26-16-6-4-5-15(13-16)20(25)23-11-9-22(10-12-23)19(24)14-27-18-8-3-2-7-17(18)21/h2-8,13H,9-12,14H2,1H3. The molecule has 142 valence electrons. The van der Waals surface area contributed by atoms with E-state index < -0.39 is 0 Å².